The van der Waals surface area contributed by atoms with E-state index in [4.69, 9.17) is 4.74 Å². The van der Waals surface area contributed by atoms with Crippen LogP contribution in [0.25, 0.3) is 10.9 Å². The van der Waals surface area contributed by atoms with Crippen LogP contribution in [0, 0.1) is 5.92 Å². The summed E-state index contributed by atoms with van der Waals surface area (Å²) < 4.78 is 5.26. The molecule has 1 N–H and O–H groups in total. The monoisotopic (exact) mass is 397 g/mol. The quantitative estimate of drug-likeness (QED) is 0.689. The molecule has 2 atom stereocenters. The third kappa shape index (κ3) is 4.84. The molecule has 0 bridgehead atoms. The van der Waals surface area contributed by atoms with Gasteiger partial charge in [0.25, 0.3) is 0 Å². The third-order valence-electron chi connectivity index (χ3n) is 6.83. The summed E-state index contributed by atoms with van der Waals surface area (Å²) in [6.07, 6.45) is 9.86. The van der Waals surface area contributed by atoms with Crippen molar-refractivity contribution in [3.05, 3.63) is 36.0 Å². The largest absolute Gasteiger partial charge is 0.385 e. The average molecular weight is 398 g/mol. The fourth-order valence-corrected chi connectivity index (χ4v) is 5.34. The fraction of sp³-hybridized carbons (Fsp3) is 0.625. The van der Waals surface area contributed by atoms with Crippen LogP contribution in [0.2, 0.25) is 0 Å². The van der Waals surface area contributed by atoms with E-state index < -0.39 is 0 Å². The Bertz CT molecular complexity index is 800. The Morgan fingerprint density at radius 1 is 1.21 bits per heavy atom. The molecule has 1 aromatic heterocycles. The number of ether oxygens (including phenoxy) is 1. The number of rotatable bonds is 8. The zero-order valence-electron chi connectivity index (χ0n) is 17.7. The number of carbonyl (C=O) groups is 1. The van der Waals surface area contributed by atoms with E-state index in [0.717, 1.165) is 36.0 Å². The Labute approximate surface area is 174 Å². The van der Waals surface area contributed by atoms with Crippen LogP contribution in [0.1, 0.15) is 44.1 Å². The number of carbonyl (C=O) groups excluding carboxylic acids is 1. The lowest BCUT2D eigenvalue weighted by atomic mass is 9.83. The number of methoxy groups -OCH3 is 1. The van der Waals surface area contributed by atoms with E-state index >= 15 is 0 Å². The molecule has 2 aliphatic heterocycles. The van der Waals surface area contributed by atoms with Crippen LogP contribution in [0.3, 0.4) is 0 Å². The minimum Gasteiger partial charge on any atom is -0.385 e. The van der Waals surface area contributed by atoms with Gasteiger partial charge in [-0.15, -0.1) is 0 Å². The summed E-state index contributed by atoms with van der Waals surface area (Å²) in [6, 6.07) is 8.91. The summed E-state index contributed by atoms with van der Waals surface area (Å²) in [4.78, 5) is 21.5. The first-order valence-corrected chi connectivity index (χ1v) is 11.3. The van der Waals surface area contributed by atoms with E-state index in [0.29, 0.717) is 25.0 Å². The van der Waals surface area contributed by atoms with Gasteiger partial charge in [0, 0.05) is 49.9 Å². The van der Waals surface area contributed by atoms with E-state index in [1.54, 1.807) is 7.11 Å². The lowest BCUT2D eigenvalue weighted by Crippen LogP contribution is -2.52. The normalized spacial score (nSPS) is 22.5. The smallest absolute Gasteiger partial charge is 0.227 e. The van der Waals surface area contributed by atoms with Crippen LogP contribution in [0.15, 0.2) is 30.5 Å². The molecule has 0 spiro atoms. The molecule has 0 aliphatic carbocycles. The maximum Gasteiger partial charge on any atom is 0.227 e. The van der Waals surface area contributed by atoms with Crippen molar-refractivity contribution in [1.82, 2.24) is 14.8 Å². The number of para-hydroxylation sites is 1. The molecular formula is C24H35N3O2. The van der Waals surface area contributed by atoms with E-state index in [1.807, 2.05) is 18.3 Å². The van der Waals surface area contributed by atoms with Crippen molar-refractivity contribution in [3.63, 3.8) is 0 Å². The number of amides is 1. The Morgan fingerprint density at radius 3 is 2.97 bits per heavy atom. The number of H-pyrrole nitrogens is 1. The van der Waals surface area contributed by atoms with Gasteiger partial charge in [0.15, 0.2) is 0 Å². The second-order valence-corrected chi connectivity index (χ2v) is 8.72. The number of benzene rings is 1. The van der Waals surface area contributed by atoms with E-state index in [-0.39, 0.29) is 5.91 Å². The minimum absolute atomic E-state index is 0.249. The van der Waals surface area contributed by atoms with Crippen LogP contribution in [0.5, 0.6) is 0 Å². The van der Waals surface area contributed by atoms with Crippen LogP contribution in [0.4, 0.5) is 0 Å². The molecule has 4 rings (SSSR count). The number of piperidine rings is 2. The highest BCUT2D eigenvalue weighted by Crippen LogP contribution is 2.31. The summed E-state index contributed by atoms with van der Waals surface area (Å²) in [5, 5.41) is 1.16. The number of nitrogens with zero attached hydrogens (tertiary/aromatic N) is 2. The zero-order valence-corrected chi connectivity index (χ0v) is 17.7. The SMILES string of the molecule is COCCCN(C[C@@H]1CCCN2CCCC[C@H]12)C(=O)Cc1c[nH]c2ccccc12. The first-order valence-electron chi connectivity index (χ1n) is 11.3. The first kappa shape index (κ1) is 20.4. The summed E-state index contributed by atoms with van der Waals surface area (Å²) in [5.41, 5.74) is 2.21. The molecule has 2 aromatic rings. The molecule has 2 saturated heterocycles. The Kier molecular flexibility index (Phi) is 6.88. The number of fused-ring (bicyclic) bond motifs is 2. The maximum atomic E-state index is 13.3. The number of hydrogen-bond acceptors (Lipinski definition) is 3. The molecule has 5 heteroatoms. The van der Waals surface area contributed by atoms with Crippen LogP contribution >= 0.6 is 0 Å². The van der Waals surface area contributed by atoms with Gasteiger partial charge in [-0.2, -0.15) is 0 Å². The van der Waals surface area contributed by atoms with Crippen LogP contribution < -0.4 is 0 Å². The molecular weight excluding hydrogens is 362 g/mol. The molecule has 2 fully saturated rings. The number of hydrogen-bond donors (Lipinski definition) is 1. The highest BCUT2D eigenvalue weighted by atomic mass is 16.5. The molecule has 29 heavy (non-hydrogen) atoms. The van der Waals surface area contributed by atoms with Gasteiger partial charge in [-0.1, -0.05) is 24.6 Å². The average Bonchev–Trinajstić information content (AvgIpc) is 3.16. The second kappa shape index (κ2) is 9.77. The van der Waals surface area contributed by atoms with E-state index in [9.17, 15) is 4.79 Å². The van der Waals surface area contributed by atoms with Gasteiger partial charge in [0.2, 0.25) is 5.91 Å². The summed E-state index contributed by atoms with van der Waals surface area (Å²) in [5.74, 6) is 0.859. The predicted octanol–water partition coefficient (Wildman–Crippen LogP) is 3.84. The van der Waals surface area contributed by atoms with Gasteiger partial charge < -0.3 is 19.5 Å². The Hall–Kier alpha value is -1.85. The second-order valence-electron chi connectivity index (χ2n) is 8.72. The molecule has 5 nitrogen and oxygen atoms in total. The molecule has 158 valence electrons. The van der Waals surface area contributed by atoms with E-state index in [1.165, 1.54) is 45.2 Å². The van der Waals surface area contributed by atoms with Crippen molar-refractivity contribution in [1.29, 1.82) is 0 Å². The van der Waals surface area contributed by atoms with Gasteiger partial charge in [-0.25, -0.2) is 0 Å². The van der Waals surface area contributed by atoms with Gasteiger partial charge in [0.05, 0.1) is 6.42 Å². The van der Waals surface area contributed by atoms with Crippen molar-refractivity contribution in [2.45, 2.75) is 51.0 Å². The fourth-order valence-electron chi connectivity index (χ4n) is 5.34. The summed E-state index contributed by atoms with van der Waals surface area (Å²) >= 11 is 0. The Balaban J connectivity index is 1.46. The minimum atomic E-state index is 0.249. The Morgan fingerprint density at radius 2 is 2.07 bits per heavy atom. The van der Waals surface area contributed by atoms with Crippen LogP contribution in [-0.2, 0) is 16.0 Å². The van der Waals surface area contributed by atoms with Gasteiger partial charge >= 0.3 is 0 Å². The van der Waals surface area contributed by atoms with Crippen molar-refractivity contribution in [3.8, 4) is 0 Å². The molecule has 2 aliphatic rings. The molecule has 0 radical (unpaired) electrons. The van der Waals surface area contributed by atoms with E-state index in [2.05, 4.69) is 26.9 Å². The van der Waals surface area contributed by atoms with Crippen molar-refractivity contribution in [2.75, 3.05) is 39.9 Å². The summed E-state index contributed by atoms with van der Waals surface area (Å²) in [6.45, 7) is 4.88. The molecule has 1 amide bonds. The standard InChI is InChI=1S/C24H35N3O2/c1-29-15-7-14-27(18-19-8-6-13-26-12-5-4-11-23(19)26)24(28)16-20-17-25-22-10-3-2-9-21(20)22/h2-3,9-10,17,19,23,25H,4-8,11-16,18H2,1H3/t19-,23+/m0/s1. The number of aromatic amines is 1. The predicted molar refractivity (Wildman–Crippen MR) is 117 cm³/mol. The highest BCUT2D eigenvalue weighted by molar-refractivity contribution is 5.88. The summed E-state index contributed by atoms with van der Waals surface area (Å²) in [7, 11) is 1.74. The molecule has 1 aromatic carbocycles. The van der Waals surface area contributed by atoms with Crippen molar-refractivity contribution < 1.29 is 9.53 Å². The topological polar surface area (TPSA) is 48.6 Å². The van der Waals surface area contributed by atoms with Crippen molar-refractivity contribution in [2.24, 2.45) is 5.92 Å². The van der Waals surface area contributed by atoms with Crippen LogP contribution in [-0.4, -0.2) is 66.6 Å². The number of nitrogens with one attached hydrogen (secondary N) is 1. The third-order valence-corrected chi connectivity index (χ3v) is 6.83. The lowest BCUT2D eigenvalue weighted by Gasteiger charge is -2.45. The highest BCUT2D eigenvalue weighted by Gasteiger charge is 2.34. The first-order chi connectivity index (χ1) is 14.3. The molecule has 0 saturated carbocycles. The maximum absolute atomic E-state index is 13.3. The van der Waals surface area contributed by atoms with Gasteiger partial charge in [0.1, 0.15) is 0 Å². The molecule has 0 unspecified atom stereocenters. The number of aromatic nitrogens is 1. The zero-order chi connectivity index (χ0) is 20.1. The molecule has 3 heterocycles. The lowest BCUT2D eigenvalue weighted by molar-refractivity contribution is -0.132. The van der Waals surface area contributed by atoms with Crippen molar-refractivity contribution >= 4 is 16.8 Å². The van der Waals surface area contributed by atoms with Gasteiger partial charge in [-0.05, 0) is 62.7 Å². The van der Waals surface area contributed by atoms with Gasteiger partial charge in [-0.3, -0.25) is 4.79 Å².